The van der Waals surface area contributed by atoms with E-state index in [2.05, 4.69) is 29.2 Å². The van der Waals surface area contributed by atoms with Gasteiger partial charge in [-0.2, -0.15) is 0 Å². The van der Waals surface area contributed by atoms with Crippen molar-refractivity contribution in [1.29, 1.82) is 0 Å². The van der Waals surface area contributed by atoms with Crippen LogP contribution in [0.15, 0.2) is 109 Å². The number of anilines is 3. The van der Waals surface area contributed by atoms with Gasteiger partial charge in [0, 0.05) is 28.2 Å². The molecular formula is C26H21NO. The minimum atomic E-state index is 0.0428. The highest BCUT2D eigenvalue weighted by Gasteiger charge is 2.14. The second-order valence-electron chi connectivity index (χ2n) is 6.75. The van der Waals surface area contributed by atoms with E-state index in [0.29, 0.717) is 5.56 Å². The maximum Gasteiger partial charge on any atom is 0.193 e. The summed E-state index contributed by atoms with van der Waals surface area (Å²) < 4.78 is 0. The lowest BCUT2D eigenvalue weighted by Gasteiger charge is -2.25. The molecule has 2 nitrogen and oxygen atoms in total. The largest absolute Gasteiger partial charge is 0.311 e. The van der Waals surface area contributed by atoms with Crippen molar-refractivity contribution in [1.82, 2.24) is 0 Å². The van der Waals surface area contributed by atoms with E-state index in [9.17, 15) is 4.79 Å². The van der Waals surface area contributed by atoms with E-state index >= 15 is 0 Å². The molecule has 4 rings (SSSR count). The number of hydrogen-bond donors (Lipinski definition) is 0. The Balaban J connectivity index is 1.70. The van der Waals surface area contributed by atoms with Crippen LogP contribution in [-0.4, -0.2) is 5.78 Å². The quantitative estimate of drug-likeness (QED) is 0.368. The van der Waals surface area contributed by atoms with E-state index in [0.717, 1.165) is 28.2 Å². The minimum Gasteiger partial charge on any atom is -0.311 e. The summed E-state index contributed by atoms with van der Waals surface area (Å²) in [6.07, 6.45) is 0. The van der Waals surface area contributed by atoms with E-state index in [1.165, 1.54) is 0 Å². The zero-order valence-corrected chi connectivity index (χ0v) is 15.7. The zero-order chi connectivity index (χ0) is 19.3. The number of carbonyl (C=O) groups is 1. The predicted octanol–water partition coefficient (Wildman–Crippen LogP) is 6.70. The molecule has 0 aliphatic rings. The van der Waals surface area contributed by atoms with Gasteiger partial charge >= 0.3 is 0 Å². The fraction of sp³-hybridized carbons (Fsp3) is 0.0385. The highest BCUT2D eigenvalue weighted by atomic mass is 16.1. The topological polar surface area (TPSA) is 20.3 Å². The van der Waals surface area contributed by atoms with Crippen molar-refractivity contribution >= 4 is 22.8 Å². The third kappa shape index (κ3) is 3.72. The second-order valence-corrected chi connectivity index (χ2v) is 6.75. The van der Waals surface area contributed by atoms with E-state index < -0.39 is 0 Å². The summed E-state index contributed by atoms with van der Waals surface area (Å²) in [5, 5.41) is 0. The second kappa shape index (κ2) is 7.93. The van der Waals surface area contributed by atoms with Crippen LogP contribution < -0.4 is 4.90 Å². The van der Waals surface area contributed by atoms with E-state index in [1.807, 2.05) is 91.9 Å². The monoisotopic (exact) mass is 363 g/mol. The number of ketones is 1. The van der Waals surface area contributed by atoms with Gasteiger partial charge in [-0.1, -0.05) is 60.2 Å². The number of rotatable bonds is 5. The first-order valence-corrected chi connectivity index (χ1v) is 9.34. The number of nitrogens with zero attached hydrogens (tertiary/aromatic N) is 1. The van der Waals surface area contributed by atoms with Gasteiger partial charge in [-0.15, -0.1) is 0 Å². The molecule has 0 bridgehead atoms. The van der Waals surface area contributed by atoms with Crippen molar-refractivity contribution in [3.63, 3.8) is 0 Å². The lowest BCUT2D eigenvalue weighted by molar-refractivity contribution is 0.103. The van der Waals surface area contributed by atoms with Gasteiger partial charge in [0.2, 0.25) is 0 Å². The Labute approximate surface area is 165 Å². The molecule has 0 aliphatic heterocycles. The van der Waals surface area contributed by atoms with Gasteiger partial charge in [-0.05, 0) is 61.5 Å². The maximum atomic E-state index is 12.8. The Hall–Kier alpha value is -3.65. The van der Waals surface area contributed by atoms with Crippen LogP contribution in [0.25, 0.3) is 0 Å². The van der Waals surface area contributed by atoms with Crippen molar-refractivity contribution in [2.75, 3.05) is 4.90 Å². The molecule has 0 atom stereocenters. The molecule has 0 spiro atoms. The molecule has 0 unspecified atom stereocenters. The Morgan fingerprint density at radius 2 is 1.11 bits per heavy atom. The Morgan fingerprint density at radius 1 is 0.571 bits per heavy atom. The van der Waals surface area contributed by atoms with Gasteiger partial charge in [-0.3, -0.25) is 4.79 Å². The Bertz CT molecular complexity index is 1030. The summed E-state index contributed by atoms with van der Waals surface area (Å²) in [5.41, 5.74) is 5.66. The van der Waals surface area contributed by atoms with E-state index in [-0.39, 0.29) is 5.78 Å². The summed E-state index contributed by atoms with van der Waals surface area (Å²) in [6.45, 7) is 2.00. The molecule has 4 aromatic rings. The Morgan fingerprint density at radius 3 is 1.64 bits per heavy atom. The molecule has 2 heteroatoms. The van der Waals surface area contributed by atoms with Crippen molar-refractivity contribution < 1.29 is 4.79 Å². The van der Waals surface area contributed by atoms with Crippen LogP contribution in [0.2, 0.25) is 0 Å². The van der Waals surface area contributed by atoms with E-state index in [1.54, 1.807) is 0 Å². The standard InChI is InChI=1S/C26H21NO/c1-20-9-8-10-22(19-20)26(28)21-15-17-25(18-16-21)27(23-11-4-2-5-12-23)24-13-6-3-7-14-24/h2-19H,1H3. The van der Waals surface area contributed by atoms with Crippen molar-refractivity contribution in [3.05, 3.63) is 126 Å². The number of para-hydroxylation sites is 2. The van der Waals surface area contributed by atoms with Gasteiger partial charge in [0.25, 0.3) is 0 Å². The van der Waals surface area contributed by atoms with Crippen molar-refractivity contribution in [2.24, 2.45) is 0 Å². The lowest BCUT2D eigenvalue weighted by atomic mass is 10.0. The first-order chi connectivity index (χ1) is 13.7. The van der Waals surface area contributed by atoms with Crippen LogP contribution in [0.3, 0.4) is 0 Å². The molecule has 0 N–H and O–H groups in total. The molecule has 0 heterocycles. The molecule has 0 aliphatic carbocycles. The smallest absolute Gasteiger partial charge is 0.193 e. The van der Waals surface area contributed by atoms with Gasteiger partial charge in [0.15, 0.2) is 5.78 Å². The minimum absolute atomic E-state index is 0.0428. The Kier molecular flexibility index (Phi) is 5.03. The fourth-order valence-corrected chi connectivity index (χ4v) is 3.32. The molecule has 28 heavy (non-hydrogen) atoms. The van der Waals surface area contributed by atoms with Crippen LogP contribution >= 0.6 is 0 Å². The molecule has 0 radical (unpaired) electrons. The summed E-state index contributed by atoms with van der Waals surface area (Å²) in [5.74, 6) is 0.0428. The van der Waals surface area contributed by atoms with Gasteiger partial charge in [0.1, 0.15) is 0 Å². The average Bonchev–Trinajstić information content (AvgIpc) is 2.75. The molecule has 0 saturated heterocycles. The number of aryl methyl sites for hydroxylation is 1. The molecule has 0 fully saturated rings. The zero-order valence-electron chi connectivity index (χ0n) is 15.7. The third-order valence-corrected chi connectivity index (χ3v) is 4.70. The summed E-state index contributed by atoms with van der Waals surface area (Å²) >= 11 is 0. The highest BCUT2D eigenvalue weighted by Crippen LogP contribution is 2.34. The third-order valence-electron chi connectivity index (χ3n) is 4.70. The molecule has 136 valence electrons. The molecular weight excluding hydrogens is 342 g/mol. The van der Waals surface area contributed by atoms with Crippen LogP contribution in [0.1, 0.15) is 21.5 Å². The maximum absolute atomic E-state index is 12.8. The lowest BCUT2D eigenvalue weighted by Crippen LogP contribution is -2.10. The number of hydrogen-bond acceptors (Lipinski definition) is 2. The van der Waals surface area contributed by atoms with Crippen molar-refractivity contribution in [2.45, 2.75) is 6.92 Å². The normalized spacial score (nSPS) is 10.5. The predicted molar refractivity (Wildman–Crippen MR) is 116 cm³/mol. The summed E-state index contributed by atoms with van der Waals surface area (Å²) in [6, 6.07) is 36.0. The fourth-order valence-electron chi connectivity index (χ4n) is 3.32. The molecule has 0 saturated carbocycles. The van der Waals surface area contributed by atoms with Gasteiger partial charge < -0.3 is 4.90 Å². The van der Waals surface area contributed by atoms with Crippen molar-refractivity contribution in [3.8, 4) is 0 Å². The molecule has 4 aromatic carbocycles. The van der Waals surface area contributed by atoms with E-state index in [4.69, 9.17) is 0 Å². The van der Waals surface area contributed by atoms with Crippen LogP contribution in [0.5, 0.6) is 0 Å². The average molecular weight is 363 g/mol. The highest BCUT2D eigenvalue weighted by molar-refractivity contribution is 6.09. The summed E-state index contributed by atoms with van der Waals surface area (Å²) in [4.78, 5) is 15.0. The first-order valence-electron chi connectivity index (χ1n) is 9.34. The van der Waals surface area contributed by atoms with Gasteiger partial charge in [-0.25, -0.2) is 0 Å². The van der Waals surface area contributed by atoms with Crippen LogP contribution in [-0.2, 0) is 0 Å². The van der Waals surface area contributed by atoms with Crippen LogP contribution in [0, 0.1) is 6.92 Å². The van der Waals surface area contributed by atoms with Crippen LogP contribution in [0.4, 0.5) is 17.1 Å². The first kappa shape index (κ1) is 17.7. The molecule has 0 amide bonds. The molecule has 0 aromatic heterocycles. The number of carbonyl (C=O) groups excluding carboxylic acids is 1. The van der Waals surface area contributed by atoms with Gasteiger partial charge in [0.05, 0.1) is 0 Å². The number of benzene rings is 4. The SMILES string of the molecule is Cc1cccc(C(=O)c2ccc(N(c3ccccc3)c3ccccc3)cc2)c1. The summed E-state index contributed by atoms with van der Waals surface area (Å²) in [7, 11) is 0.